The van der Waals surface area contributed by atoms with Gasteiger partial charge < -0.3 is 10.1 Å². The minimum Gasteiger partial charge on any atom is -0.376 e. The van der Waals surface area contributed by atoms with Crippen molar-refractivity contribution in [3.8, 4) is 0 Å². The summed E-state index contributed by atoms with van der Waals surface area (Å²) in [7, 11) is 0. The van der Waals surface area contributed by atoms with E-state index in [1.807, 2.05) is 23.8 Å². The van der Waals surface area contributed by atoms with E-state index in [0.717, 1.165) is 37.5 Å². The van der Waals surface area contributed by atoms with Crippen molar-refractivity contribution in [2.24, 2.45) is 11.8 Å². The predicted octanol–water partition coefficient (Wildman–Crippen LogP) is 2.39. The standard InChI is InChI=1S/C17H21N3O2S2/c1-11-9-24-16(19-11)7-20-5-14-13(8-22-15(14)6-20)4-18-17(21)12-2-3-23-10-12/h2-3,9-10,13-15H,4-8H2,1H3,(H,18,21)/t13-,14-,15-/m0/s1. The number of hydrogen-bond acceptors (Lipinski definition) is 6. The Morgan fingerprint density at radius 3 is 3.12 bits per heavy atom. The van der Waals surface area contributed by atoms with E-state index < -0.39 is 0 Å². The predicted molar refractivity (Wildman–Crippen MR) is 95.5 cm³/mol. The van der Waals surface area contributed by atoms with Crippen LogP contribution in [0.1, 0.15) is 21.1 Å². The van der Waals surface area contributed by atoms with Crippen LogP contribution in [0.15, 0.2) is 22.2 Å². The number of nitrogens with one attached hydrogen (secondary N) is 1. The minimum atomic E-state index is 0.0211. The molecule has 0 aromatic carbocycles. The Bertz CT molecular complexity index is 701. The van der Waals surface area contributed by atoms with Crippen LogP contribution >= 0.6 is 22.7 Å². The summed E-state index contributed by atoms with van der Waals surface area (Å²) in [6, 6.07) is 1.86. The lowest BCUT2D eigenvalue weighted by molar-refractivity contribution is 0.0904. The van der Waals surface area contributed by atoms with Gasteiger partial charge in [0.1, 0.15) is 5.01 Å². The Labute approximate surface area is 149 Å². The molecule has 2 aromatic heterocycles. The maximum atomic E-state index is 12.1. The highest BCUT2D eigenvalue weighted by Gasteiger charge is 2.43. The van der Waals surface area contributed by atoms with Crippen LogP contribution in [0, 0.1) is 18.8 Å². The molecule has 0 aliphatic carbocycles. The molecule has 0 saturated carbocycles. The van der Waals surface area contributed by atoms with Crippen molar-refractivity contribution in [1.82, 2.24) is 15.2 Å². The highest BCUT2D eigenvalue weighted by atomic mass is 32.1. The van der Waals surface area contributed by atoms with Gasteiger partial charge in [-0.05, 0) is 18.4 Å². The minimum absolute atomic E-state index is 0.0211. The van der Waals surface area contributed by atoms with Crippen LogP contribution in [0.4, 0.5) is 0 Å². The van der Waals surface area contributed by atoms with E-state index in [9.17, 15) is 4.79 Å². The number of rotatable bonds is 5. The molecule has 3 atom stereocenters. The average Bonchev–Trinajstić information content (AvgIpc) is 3.30. The topological polar surface area (TPSA) is 54.5 Å². The number of fused-ring (bicyclic) bond motifs is 1. The zero-order chi connectivity index (χ0) is 16.5. The van der Waals surface area contributed by atoms with Crippen LogP contribution in [0.25, 0.3) is 0 Å². The molecule has 2 aliphatic heterocycles. The third kappa shape index (κ3) is 3.39. The Morgan fingerprint density at radius 2 is 2.38 bits per heavy atom. The molecule has 2 aliphatic rings. The number of carbonyl (C=O) groups is 1. The number of thiophene rings is 1. The number of aromatic nitrogens is 1. The SMILES string of the molecule is Cc1csc(CN2C[C@H]3[C@@H](CNC(=O)c4ccsc4)CO[C@H]3C2)n1. The van der Waals surface area contributed by atoms with Gasteiger partial charge in [0.2, 0.25) is 0 Å². The highest BCUT2D eigenvalue weighted by Crippen LogP contribution is 2.34. The fourth-order valence-corrected chi connectivity index (χ4v) is 5.05. The van der Waals surface area contributed by atoms with Crippen molar-refractivity contribution in [2.45, 2.75) is 19.6 Å². The summed E-state index contributed by atoms with van der Waals surface area (Å²) in [4.78, 5) is 19.1. The van der Waals surface area contributed by atoms with Gasteiger partial charge >= 0.3 is 0 Å². The smallest absolute Gasteiger partial charge is 0.252 e. The summed E-state index contributed by atoms with van der Waals surface area (Å²) in [5.74, 6) is 0.933. The first-order valence-corrected chi connectivity index (χ1v) is 10.1. The molecule has 4 rings (SSSR count). The third-order valence-corrected chi connectivity index (χ3v) is 6.48. The average molecular weight is 364 g/mol. The molecule has 5 nitrogen and oxygen atoms in total. The molecule has 7 heteroatoms. The zero-order valence-corrected chi connectivity index (χ0v) is 15.2. The summed E-state index contributed by atoms with van der Waals surface area (Å²) in [5.41, 5.74) is 1.85. The first-order chi connectivity index (χ1) is 11.7. The first kappa shape index (κ1) is 16.2. The molecule has 2 saturated heterocycles. The number of likely N-dealkylation sites (tertiary alicyclic amines) is 1. The van der Waals surface area contributed by atoms with E-state index in [1.165, 1.54) is 5.01 Å². The largest absolute Gasteiger partial charge is 0.376 e. The van der Waals surface area contributed by atoms with Crippen molar-refractivity contribution in [1.29, 1.82) is 0 Å². The van der Waals surface area contributed by atoms with E-state index in [4.69, 9.17) is 4.74 Å². The molecular weight excluding hydrogens is 342 g/mol. The molecule has 0 spiro atoms. The number of aryl methyl sites for hydroxylation is 1. The summed E-state index contributed by atoms with van der Waals surface area (Å²) in [5, 5.41) is 10.2. The summed E-state index contributed by atoms with van der Waals surface area (Å²) >= 11 is 3.28. The number of nitrogens with zero attached hydrogens (tertiary/aromatic N) is 2. The molecule has 2 fully saturated rings. The lowest BCUT2D eigenvalue weighted by atomic mass is 9.93. The quantitative estimate of drug-likeness (QED) is 0.886. The van der Waals surface area contributed by atoms with E-state index >= 15 is 0 Å². The van der Waals surface area contributed by atoms with Crippen molar-refractivity contribution in [3.05, 3.63) is 38.5 Å². The van der Waals surface area contributed by atoms with Crippen LogP contribution in [0.5, 0.6) is 0 Å². The molecule has 128 valence electrons. The van der Waals surface area contributed by atoms with Crippen LogP contribution in [-0.2, 0) is 11.3 Å². The number of hydrogen-bond donors (Lipinski definition) is 1. The maximum Gasteiger partial charge on any atom is 0.252 e. The van der Waals surface area contributed by atoms with Gasteiger partial charge in [-0.3, -0.25) is 9.69 Å². The van der Waals surface area contributed by atoms with Crippen molar-refractivity contribution < 1.29 is 9.53 Å². The molecule has 0 radical (unpaired) electrons. The lowest BCUT2D eigenvalue weighted by Crippen LogP contribution is -2.34. The summed E-state index contributed by atoms with van der Waals surface area (Å²) in [6.07, 6.45) is 0.300. The Balaban J connectivity index is 1.30. The highest BCUT2D eigenvalue weighted by molar-refractivity contribution is 7.09. The number of ether oxygens (including phenoxy) is 1. The maximum absolute atomic E-state index is 12.1. The van der Waals surface area contributed by atoms with Gasteiger partial charge in [-0.2, -0.15) is 11.3 Å². The van der Waals surface area contributed by atoms with Crippen molar-refractivity contribution in [2.75, 3.05) is 26.2 Å². The molecule has 0 unspecified atom stereocenters. The van der Waals surface area contributed by atoms with E-state index in [0.29, 0.717) is 24.5 Å². The molecule has 24 heavy (non-hydrogen) atoms. The van der Waals surface area contributed by atoms with Gasteiger partial charge in [0.05, 0.1) is 19.3 Å². The molecule has 0 bridgehead atoms. The lowest BCUT2D eigenvalue weighted by Gasteiger charge is -2.19. The number of carbonyl (C=O) groups excluding carboxylic acids is 1. The second kappa shape index (κ2) is 6.92. The Hall–Kier alpha value is -1.28. The van der Waals surface area contributed by atoms with E-state index in [2.05, 4.69) is 20.6 Å². The van der Waals surface area contributed by atoms with E-state index in [-0.39, 0.29) is 5.91 Å². The zero-order valence-electron chi connectivity index (χ0n) is 13.6. The van der Waals surface area contributed by atoms with Crippen LogP contribution < -0.4 is 5.32 Å². The van der Waals surface area contributed by atoms with Crippen LogP contribution in [0.2, 0.25) is 0 Å². The van der Waals surface area contributed by atoms with Crippen LogP contribution in [0.3, 0.4) is 0 Å². The second-order valence-corrected chi connectivity index (χ2v) is 8.32. The molecule has 4 heterocycles. The van der Waals surface area contributed by atoms with Gasteiger partial charge in [0, 0.05) is 53.5 Å². The summed E-state index contributed by atoms with van der Waals surface area (Å²) in [6.45, 7) is 6.39. The molecular formula is C17H21N3O2S2. The van der Waals surface area contributed by atoms with Crippen LogP contribution in [-0.4, -0.2) is 48.1 Å². The fraction of sp³-hybridized carbons (Fsp3) is 0.529. The van der Waals surface area contributed by atoms with Crippen molar-refractivity contribution >= 4 is 28.6 Å². The molecule has 1 N–H and O–H groups in total. The molecule has 1 amide bonds. The normalized spacial score (nSPS) is 26.6. The fourth-order valence-electron chi connectivity index (χ4n) is 3.61. The van der Waals surface area contributed by atoms with Gasteiger partial charge in [-0.15, -0.1) is 11.3 Å². The Morgan fingerprint density at radius 1 is 1.46 bits per heavy atom. The van der Waals surface area contributed by atoms with Gasteiger partial charge in [0.15, 0.2) is 0 Å². The Kier molecular flexibility index (Phi) is 4.67. The number of amides is 1. The molecule has 2 aromatic rings. The first-order valence-electron chi connectivity index (χ1n) is 8.24. The van der Waals surface area contributed by atoms with Crippen molar-refractivity contribution in [3.63, 3.8) is 0 Å². The second-order valence-electron chi connectivity index (χ2n) is 6.59. The van der Waals surface area contributed by atoms with Gasteiger partial charge in [0.25, 0.3) is 5.91 Å². The monoisotopic (exact) mass is 363 g/mol. The number of thiazole rings is 1. The van der Waals surface area contributed by atoms with Gasteiger partial charge in [-0.1, -0.05) is 0 Å². The summed E-state index contributed by atoms with van der Waals surface area (Å²) < 4.78 is 5.98. The van der Waals surface area contributed by atoms with Gasteiger partial charge in [-0.25, -0.2) is 4.98 Å². The third-order valence-electron chi connectivity index (χ3n) is 4.85. The van der Waals surface area contributed by atoms with E-state index in [1.54, 1.807) is 22.7 Å².